The molecule has 2 aromatic carbocycles. The predicted molar refractivity (Wildman–Crippen MR) is 134 cm³/mol. The monoisotopic (exact) mass is 450 g/mol. The Balaban J connectivity index is 1.56. The van der Waals surface area contributed by atoms with Crippen molar-refractivity contribution in [1.82, 2.24) is 5.32 Å². The number of hydrogen-bond donors (Lipinski definition) is 2. The van der Waals surface area contributed by atoms with E-state index in [0.717, 1.165) is 24.1 Å². The van der Waals surface area contributed by atoms with Crippen molar-refractivity contribution < 1.29 is 14.3 Å². The van der Waals surface area contributed by atoms with Crippen LogP contribution >= 0.6 is 0 Å². The average Bonchev–Trinajstić information content (AvgIpc) is 2.71. The number of anilines is 1. The maximum Gasteiger partial charge on any atom is 0.338 e. The zero-order valence-corrected chi connectivity index (χ0v) is 21.1. The van der Waals surface area contributed by atoms with Crippen molar-refractivity contribution in [2.75, 3.05) is 11.9 Å². The minimum Gasteiger partial charge on any atom is -0.462 e. The number of esters is 1. The Morgan fingerprint density at radius 1 is 0.909 bits per heavy atom. The molecular weight excluding hydrogens is 412 g/mol. The molecule has 0 heterocycles. The van der Waals surface area contributed by atoms with E-state index in [4.69, 9.17) is 4.74 Å². The van der Waals surface area contributed by atoms with Crippen LogP contribution in [-0.2, 0) is 22.0 Å². The van der Waals surface area contributed by atoms with Crippen molar-refractivity contribution in [3.8, 4) is 0 Å². The third-order valence-corrected chi connectivity index (χ3v) is 6.41. The van der Waals surface area contributed by atoms with Crippen LogP contribution in [0.2, 0.25) is 0 Å². The Morgan fingerprint density at radius 3 is 2.12 bits per heavy atom. The molecule has 3 rings (SSSR count). The Hall–Kier alpha value is -2.82. The van der Waals surface area contributed by atoms with Crippen LogP contribution in [0.4, 0.5) is 10.5 Å². The number of fused-ring (bicyclic) bond motifs is 1. The van der Waals surface area contributed by atoms with Gasteiger partial charge in [-0.05, 0) is 85.4 Å². The van der Waals surface area contributed by atoms with Crippen molar-refractivity contribution in [2.24, 2.45) is 0 Å². The van der Waals surface area contributed by atoms with Crippen LogP contribution < -0.4 is 10.6 Å². The molecule has 1 aliphatic carbocycles. The molecule has 2 N–H and O–H groups in total. The number of benzene rings is 2. The molecule has 0 radical (unpaired) electrons. The molecule has 0 aromatic heterocycles. The van der Waals surface area contributed by atoms with Gasteiger partial charge in [0.15, 0.2) is 0 Å². The number of rotatable bonds is 5. The molecule has 0 bridgehead atoms. The van der Waals surface area contributed by atoms with Gasteiger partial charge in [0.05, 0.1) is 12.2 Å². The molecular formula is C28H38N2O3. The minimum atomic E-state index is -0.294. The minimum absolute atomic E-state index is 0.0563. The molecule has 2 aromatic rings. The maximum atomic E-state index is 12.7. The van der Waals surface area contributed by atoms with Gasteiger partial charge in [0.1, 0.15) is 0 Å². The topological polar surface area (TPSA) is 67.4 Å². The fourth-order valence-corrected chi connectivity index (χ4v) is 4.32. The van der Waals surface area contributed by atoms with Gasteiger partial charge in [-0.3, -0.25) is 0 Å². The summed E-state index contributed by atoms with van der Waals surface area (Å²) in [6.07, 6.45) is 2.87. The van der Waals surface area contributed by atoms with Crippen LogP contribution in [0.3, 0.4) is 0 Å². The lowest BCUT2D eigenvalue weighted by atomic mass is 9.63. The van der Waals surface area contributed by atoms with Crippen molar-refractivity contribution >= 4 is 17.7 Å². The number of carbonyl (C=O) groups excluding carboxylic acids is 2. The van der Waals surface area contributed by atoms with Crippen LogP contribution in [-0.4, -0.2) is 24.1 Å². The summed E-state index contributed by atoms with van der Waals surface area (Å²) in [5, 5.41) is 5.69. The second-order valence-corrected chi connectivity index (χ2v) is 11.4. The smallest absolute Gasteiger partial charge is 0.338 e. The van der Waals surface area contributed by atoms with E-state index in [2.05, 4.69) is 44.4 Å². The van der Waals surface area contributed by atoms with E-state index in [0.29, 0.717) is 18.6 Å². The van der Waals surface area contributed by atoms with Crippen molar-refractivity contribution in [2.45, 2.75) is 84.1 Å². The van der Waals surface area contributed by atoms with Gasteiger partial charge in [0.2, 0.25) is 0 Å². The lowest BCUT2D eigenvalue weighted by Crippen LogP contribution is -2.43. The maximum absolute atomic E-state index is 12.7. The lowest BCUT2D eigenvalue weighted by molar-refractivity contribution is 0.0509. The van der Waals surface area contributed by atoms with Crippen LogP contribution in [0.25, 0.3) is 0 Å². The van der Waals surface area contributed by atoms with Gasteiger partial charge in [-0.15, -0.1) is 0 Å². The van der Waals surface area contributed by atoms with Crippen LogP contribution in [0.15, 0.2) is 42.5 Å². The molecule has 0 aliphatic heterocycles. The molecule has 0 fully saturated rings. The Kier molecular flexibility index (Phi) is 6.92. The first-order valence-electron chi connectivity index (χ1n) is 11.8. The molecule has 0 atom stereocenters. The highest BCUT2D eigenvalue weighted by atomic mass is 16.5. The number of carbonyl (C=O) groups is 2. The third-order valence-electron chi connectivity index (χ3n) is 6.41. The second-order valence-electron chi connectivity index (χ2n) is 11.4. The van der Waals surface area contributed by atoms with Gasteiger partial charge in [0.25, 0.3) is 0 Å². The van der Waals surface area contributed by atoms with E-state index < -0.39 is 0 Å². The van der Waals surface area contributed by atoms with Gasteiger partial charge in [-0.25, -0.2) is 9.59 Å². The SMILES string of the molecule is CC(C)(C)NC(=O)Nc1ccc(CCOC(=O)c2ccc3c(c2)C(C)(C)CCC3(C)C)cc1. The number of hydrogen-bond acceptors (Lipinski definition) is 3. The summed E-state index contributed by atoms with van der Waals surface area (Å²) in [7, 11) is 0. The van der Waals surface area contributed by atoms with E-state index in [1.165, 1.54) is 11.1 Å². The highest BCUT2D eigenvalue weighted by molar-refractivity contribution is 5.90. The number of nitrogens with one attached hydrogen (secondary N) is 2. The van der Waals surface area contributed by atoms with E-state index in [1.807, 2.05) is 57.2 Å². The summed E-state index contributed by atoms with van der Waals surface area (Å²) in [5.74, 6) is -0.283. The normalized spacial score (nSPS) is 16.5. The fourth-order valence-electron chi connectivity index (χ4n) is 4.32. The lowest BCUT2D eigenvalue weighted by Gasteiger charge is -2.41. The van der Waals surface area contributed by atoms with Gasteiger partial charge < -0.3 is 15.4 Å². The van der Waals surface area contributed by atoms with Crippen molar-refractivity contribution in [1.29, 1.82) is 0 Å². The standard InChI is InChI=1S/C28H38N2O3/c1-26(2,3)30-25(32)29-21-11-8-19(9-12-21)14-17-33-24(31)20-10-13-22-23(18-20)28(6,7)16-15-27(22,4)5/h8-13,18H,14-17H2,1-7H3,(H2,29,30,32). The van der Waals surface area contributed by atoms with Crippen LogP contribution in [0.1, 0.15) is 88.4 Å². The van der Waals surface area contributed by atoms with Crippen LogP contribution in [0, 0.1) is 0 Å². The molecule has 33 heavy (non-hydrogen) atoms. The second kappa shape index (κ2) is 9.20. The third kappa shape index (κ3) is 6.37. The molecule has 2 amide bonds. The van der Waals surface area contributed by atoms with Gasteiger partial charge in [-0.2, -0.15) is 0 Å². The highest BCUT2D eigenvalue weighted by Gasteiger charge is 2.37. The molecule has 1 aliphatic rings. The molecule has 178 valence electrons. The van der Waals surface area contributed by atoms with E-state index in [9.17, 15) is 9.59 Å². The van der Waals surface area contributed by atoms with Crippen molar-refractivity contribution in [3.05, 3.63) is 64.7 Å². The molecule has 5 nitrogen and oxygen atoms in total. The Bertz CT molecular complexity index is 1010. The summed E-state index contributed by atoms with van der Waals surface area (Å²) in [4.78, 5) is 24.7. The van der Waals surface area contributed by atoms with Crippen molar-refractivity contribution in [3.63, 3.8) is 0 Å². The zero-order valence-electron chi connectivity index (χ0n) is 21.1. The number of urea groups is 1. The quantitative estimate of drug-likeness (QED) is 0.521. The summed E-state index contributed by atoms with van der Waals surface area (Å²) >= 11 is 0. The van der Waals surface area contributed by atoms with Gasteiger partial charge >= 0.3 is 12.0 Å². The summed E-state index contributed by atoms with van der Waals surface area (Å²) in [6.45, 7) is 15.2. The first kappa shape index (κ1) is 24.8. The van der Waals surface area contributed by atoms with Gasteiger partial charge in [0, 0.05) is 17.6 Å². The summed E-state index contributed by atoms with van der Waals surface area (Å²) in [5.41, 5.74) is 4.85. The predicted octanol–water partition coefficient (Wildman–Crippen LogP) is 6.36. The molecule has 0 saturated carbocycles. The Morgan fingerprint density at radius 2 is 1.52 bits per heavy atom. The van der Waals surface area contributed by atoms with Crippen LogP contribution in [0.5, 0.6) is 0 Å². The first-order valence-corrected chi connectivity index (χ1v) is 11.8. The fraction of sp³-hybridized carbons (Fsp3) is 0.500. The molecule has 0 unspecified atom stereocenters. The van der Waals surface area contributed by atoms with E-state index in [1.54, 1.807) is 0 Å². The largest absolute Gasteiger partial charge is 0.462 e. The van der Waals surface area contributed by atoms with E-state index in [-0.39, 0.29) is 28.4 Å². The molecule has 0 saturated heterocycles. The Labute approximate surface area is 198 Å². The highest BCUT2D eigenvalue weighted by Crippen LogP contribution is 2.45. The zero-order chi connectivity index (χ0) is 24.4. The first-order chi connectivity index (χ1) is 15.3. The molecule has 0 spiro atoms. The van der Waals surface area contributed by atoms with E-state index >= 15 is 0 Å². The summed E-state index contributed by atoms with van der Waals surface area (Å²) < 4.78 is 5.57. The number of ether oxygens (including phenoxy) is 1. The molecule has 5 heteroatoms. The average molecular weight is 451 g/mol. The summed E-state index contributed by atoms with van der Waals surface area (Å²) in [6, 6.07) is 13.4. The van der Waals surface area contributed by atoms with Gasteiger partial charge in [-0.1, -0.05) is 45.9 Å². The number of amides is 2.